The van der Waals surface area contributed by atoms with Gasteiger partial charge in [0.25, 0.3) is 0 Å². The van der Waals surface area contributed by atoms with Crippen LogP contribution < -0.4 is 15.0 Å². The number of nitrogens with one attached hydrogen (secondary N) is 1. The van der Waals surface area contributed by atoms with E-state index < -0.39 is 5.82 Å². The topological polar surface area (TPSA) is 57.7 Å². The predicted octanol–water partition coefficient (Wildman–Crippen LogP) is 2.72. The number of ether oxygens (including phenoxy) is 1. The summed E-state index contributed by atoms with van der Waals surface area (Å²) in [5.41, 5.74) is 0.446. The smallest absolute Gasteiger partial charge is 0.321 e. The molecule has 1 aromatic heterocycles. The summed E-state index contributed by atoms with van der Waals surface area (Å²) in [6.07, 6.45) is 1.54. The zero-order valence-electron chi connectivity index (χ0n) is 13.7. The minimum absolute atomic E-state index is 0.0632. The molecule has 0 atom stereocenters. The number of anilines is 2. The molecule has 1 aliphatic heterocycles. The number of piperazine rings is 1. The maximum Gasteiger partial charge on any atom is 0.321 e. The molecule has 25 heavy (non-hydrogen) atoms. The Kier molecular flexibility index (Phi) is 4.97. The highest BCUT2D eigenvalue weighted by molar-refractivity contribution is 5.89. The van der Waals surface area contributed by atoms with Crippen LogP contribution in [-0.4, -0.2) is 49.2 Å². The fourth-order valence-electron chi connectivity index (χ4n) is 2.67. The lowest BCUT2D eigenvalue weighted by Gasteiger charge is -2.35. The lowest BCUT2D eigenvalue weighted by molar-refractivity contribution is 0.208. The number of amides is 2. The lowest BCUT2D eigenvalue weighted by Crippen LogP contribution is -2.50. The van der Waals surface area contributed by atoms with Crippen molar-refractivity contribution in [2.75, 3.05) is 43.5 Å². The number of benzene rings is 1. The normalized spacial score (nSPS) is 14.4. The van der Waals surface area contributed by atoms with Crippen molar-refractivity contribution in [3.63, 3.8) is 0 Å². The lowest BCUT2D eigenvalue weighted by atomic mass is 10.3. The zero-order chi connectivity index (χ0) is 17.8. The molecule has 0 saturated carbocycles. The molecule has 0 unspecified atom stereocenters. The molecule has 2 amide bonds. The Morgan fingerprint density at radius 2 is 1.92 bits per heavy atom. The van der Waals surface area contributed by atoms with Crippen LogP contribution in [0, 0.1) is 11.6 Å². The Hall–Kier alpha value is -2.90. The van der Waals surface area contributed by atoms with Crippen LogP contribution in [0.15, 0.2) is 36.5 Å². The molecule has 0 bridgehead atoms. The average Bonchev–Trinajstić information content (AvgIpc) is 2.64. The van der Waals surface area contributed by atoms with Gasteiger partial charge in [-0.3, -0.25) is 0 Å². The van der Waals surface area contributed by atoms with Gasteiger partial charge in [0.05, 0.1) is 7.11 Å². The van der Waals surface area contributed by atoms with Gasteiger partial charge in [0, 0.05) is 44.1 Å². The fraction of sp³-hybridized carbons (Fsp3) is 0.294. The van der Waals surface area contributed by atoms with Crippen molar-refractivity contribution in [2.24, 2.45) is 0 Å². The number of methoxy groups -OCH3 is 1. The highest BCUT2D eigenvalue weighted by Crippen LogP contribution is 2.22. The van der Waals surface area contributed by atoms with E-state index in [1.165, 1.54) is 31.4 Å². The highest BCUT2D eigenvalue weighted by atomic mass is 19.1. The molecular formula is C17H18F2N4O2. The van der Waals surface area contributed by atoms with Crippen molar-refractivity contribution in [2.45, 2.75) is 0 Å². The number of halogens is 2. The van der Waals surface area contributed by atoms with Gasteiger partial charge in [-0.2, -0.15) is 0 Å². The number of aromatic nitrogens is 1. The Morgan fingerprint density at radius 3 is 2.60 bits per heavy atom. The van der Waals surface area contributed by atoms with Crippen molar-refractivity contribution in [3.8, 4) is 5.75 Å². The minimum Gasteiger partial charge on any atom is -0.494 e. The summed E-state index contributed by atoms with van der Waals surface area (Å²) >= 11 is 0. The predicted molar refractivity (Wildman–Crippen MR) is 90.0 cm³/mol. The second-order valence-electron chi connectivity index (χ2n) is 5.56. The maximum atomic E-state index is 13.8. The number of rotatable bonds is 3. The quantitative estimate of drug-likeness (QED) is 0.927. The van der Waals surface area contributed by atoms with Crippen LogP contribution in [0.25, 0.3) is 0 Å². The van der Waals surface area contributed by atoms with Crippen molar-refractivity contribution in [1.82, 2.24) is 9.88 Å². The number of hydrogen-bond donors (Lipinski definition) is 1. The summed E-state index contributed by atoms with van der Waals surface area (Å²) in [5.74, 6) is -0.510. The summed E-state index contributed by atoms with van der Waals surface area (Å²) in [6, 6.07) is 6.73. The Morgan fingerprint density at radius 1 is 1.16 bits per heavy atom. The van der Waals surface area contributed by atoms with E-state index in [2.05, 4.69) is 10.3 Å². The first kappa shape index (κ1) is 16.9. The van der Waals surface area contributed by atoms with E-state index in [9.17, 15) is 13.6 Å². The molecule has 3 rings (SSSR count). The summed E-state index contributed by atoms with van der Waals surface area (Å²) in [5, 5.41) is 2.71. The molecule has 0 spiro atoms. The Bertz CT molecular complexity index is 764. The molecule has 1 N–H and O–H groups in total. The molecule has 1 aromatic carbocycles. The summed E-state index contributed by atoms with van der Waals surface area (Å²) in [4.78, 5) is 19.8. The second-order valence-corrected chi connectivity index (χ2v) is 5.56. The van der Waals surface area contributed by atoms with Gasteiger partial charge in [0.2, 0.25) is 0 Å². The third-order valence-corrected chi connectivity index (χ3v) is 4.01. The minimum atomic E-state index is -0.494. The van der Waals surface area contributed by atoms with Crippen LogP contribution in [-0.2, 0) is 0 Å². The monoisotopic (exact) mass is 348 g/mol. The number of nitrogens with zero attached hydrogens (tertiary/aromatic N) is 3. The van der Waals surface area contributed by atoms with Gasteiger partial charge in [-0.25, -0.2) is 18.6 Å². The second kappa shape index (κ2) is 7.33. The number of carbonyl (C=O) groups excluding carboxylic acids is 1. The standard InChI is InChI=1S/C17H18F2N4O2/c1-25-15-11-12(4-5-13(15)18)21-17(24)23-9-7-22(8-10-23)16-14(19)3-2-6-20-16/h2-6,11H,7-10H2,1H3,(H,21,24). The van der Waals surface area contributed by atoms with Gasteiger partial charge in [-0.05, 0) is 24.3 Å². The zero-order valence-corrected chi connectivity index (χ0v) is 13.7. The van der Waals surface area contributed by atoms with Gasteiger partial charge >= 0.3 is 6.03 Å². The number of hydrogen-bond acceptors (Lipinski definition) is 4. The van der Waals surface area contributed by atoms with E-state index in [4.69, 9.17) is 4.74 Å². The fourth-order valence-corrected chi connectivity index (χ4v) is 2.67. The number of pyridine rings is 1. The number of urea groups is 1. The first-order chi connectivity index (χ1) is 12.1. The van der Waals surface area contributed by atoms with Crippen molar-refractivity contribution < 1.29 is 18.3 Å². The summed E-state index contributed by atoms with van der Waals surface area (Å²) in [7, 11) is 1.36. The van der Waals surface area contributed by atoms with Gasteiger partial charge in [-0.1, -0.05) is 0 Å². The van der Waals surface area contributed by atoms with E-state index in [1.54, 1.807) is 22.1 Å². The van der Waals surface area contributed by atoms with E-state index in [-0.39, 0.29) is 17.6 Å². The average molecular weight is 348 g/mol. The largest absolute Gasteiger partial charge is 0.494 e. The Labute approximate surface area is 144 Å². The summed E-state index contributed by atoms with van der Waals surface area (Å²) in [6.45, 7) is 1.82. The van der Waals surface area contributed by atoms with Crippen LogP contribution in [0.3, 0.4) is 0 Å². The summed E-state index contributed by atoms with van der Waals surface area (Å²) < 4.78 is 32.1. The number of carbonyl (C=O) groups is 1. The van der Waals surface area contributed by atoms with E-state index in [1.807, 2.05) is 0 Å². The van der Waals surface area contributed by atoms with Crippen LogP contribution in [0.2, 0.25) is 0 Å². The molecule has 1 aliphatic rings. The Balaban J connectivity index is 1.59. The molecule has 6 nitrogen and oxygen atoms in total. The van der Waals surface area contributed by atoms with Crippen molar-refractivity contribution in [1.29, 1.82) is 0 Å². The van der Waals surface area contributed by atoms with Crippen molar-refractivity contribution >= 4 is 17.5 Å². The molecule has 0 radical (unpaired) electrons. The highest BCUT2D eigenvalue weighted by Gasteiger charge is 2.23. The molecule has 2 aromatic rings. The van der Waals surface area contributed by atoms with Crippen LogP contribution in [0.5, 0.6) is 5.75 Å². The van der Waals surface area contributed by atoms with Gasteiger partial charge in [0.15, 0.2) is 23.2 Å². The van der Waals surface area contributed by atoms with Crippen molar-refractivity contribution in [3.05, 3.63) is 48.2 Å². The molecule has 1 saturated heterocycles. The first-order valence-electron chi connectivity index (χ1n) is 7.83. The molecule has 8 heteroatoms. The molecular weight excluding hydrogens is 330 g/mol. The van der Waals surface area contributed by atoms with Crippen LogP contribution >= 0.6 is 0 Å². The van der Waals surface area contributed by atoms with Crippen LogP contribution in [0.4, 0.5) is 25.1 Å². The van der Waals surface area contributed by atoms with E-state index >= 15 is 0 Å². The molecule has 2 heterocycles. The van der Waals surface area contributed by atoms with Gasteiger partial charge < -0.3 is 19.9 Å². The maximum absolute atomic E-state index is 13.8. The third kappa shape index (κ3) is 3.78. The molecule has 132 valence electrons. The third-order valence-electron chi connectivity index (χ3n) is 4.01. The van der Waals surface area contributed by atoms with Gasteiger partial charge in [0.1, 0.15) is 0 Å². The molecule has 0 aliphatic carbocycles. The van der Waals surface area contributed by atoms with Gasteiger partial charge in [-0.15, -0.1) is 0 Å². The first-order valence-corrected chi connectivity index (χ1v) is 7.83. The van der Waals surface area contributed by atoms with E-state index in [0.717, 1.165) is 0 Å². The molecule has 1 fully saturated rings. The van der Waals surface area contributed by atoms with Crippen LogP contribution in [0.1, 0.15) is 0 Å². The SMILES string of the molecule is COc1cc(NC(=O)N2CCN(c3ncccc3F)CC2)ccc1F. The van der Waals surface area contributed by atoms with E-state index in [0.29, 0.717) is 37.7 Å².